The van der Waals surface area contributed by atoms with E-state index < -0.39 is 0 Å². The second-order valence-corrected chi connectivity index (χ2v) is 8.24. The van der Waals surface area contributed by atoms with Gasteiger partial charge in [-0.3, -0.25) is 4.90 Å². The average molecular weight is 337 g/mol. The van der Waals surface area contributed by atoms with Gasteiger partial charge in [-0.25, -0.2) is 0 Å². The molecule has 4 atom stereocenters. The summed E-state index contributed by atoms with van der Waals surface area (Å²) in [6, 6.07) is 2.50. The number of nitrogens with zero attached hydrogens (tertiary/aromatic N) is 4. The highest BCUT2D eigenvalue weighted by Gasteiger charge is 2.26. The maximum atomic E-state index is 2.40. The van der Waals surface area contributed by atoms with Gasteiger partial charge in [0.2, 0.25) is 0 Å². The molecule has 0 amide bonds. The third kappa shape index (κ3) is 5.61. The Labute approximate surface area is 150 Å². The topological polar surface area (TPSA) is 13.0 Å². The highest BCUT2D eigenvalue weighted by Crippen LogP contribution is 2.22. The maximum Gasteiger partial charge on any atom is 0.0428 e. The molecule has 24 heavy (non-hydrogen) atoms. The van der Waals surface area contributed by atoms with Crippen LogP contribution < -0.4 is 0 Å². The van der Waals surface area contributed by atoms with Crippen LogP contribution in [0.5, 0.6) is 0 Å². The number of hydrogen-bond donors (Lipinski definition) is 0. The molecule has 0 aromatic rings. The molecule has 2 aliphatic rings. The van der Waals surface area contributed by atoms with Crippen molar-refractivity contribution in [2.24, 2.45) is 0 Å². The van der Waals surface area contributed by atoms with Crippen LogP contribution in [0.3, 0.4) is 0 Å². The summed E-state index contributed by atoms with van der Waals surface area (Å²) in [5.74, 6) is 0. The standard InChI is InChI=1S/2C10H20N2/c2*1-8-6-10(11(3)4)9(2)12(5)7-8/h7,9-10H,6H2,1-5H3;6,9-10H,7H2,1-5H3/t2*9-,10+/m00/s1. The molecule has 140 valence electrons. The second-order valence-electron chi connectivity index (χ2n) is 8.24. The minimum atomic E-state index is 0.573. The predicted octanol–water partition coefficient (Wildman–Crippen LogP) is 2.74. The molecule has 2 aliphatic heterocycles. The fourth-order valence-electron chi connectivity index (χ4n) is 3.77. The summed E-state index contributed by atoms with van der Waals surface area (Å²) in [6.07, 6.45) is 5.84. The average Bonchev–Trinajstić information content (AvgIpc) is 2.46. The first-order valence-electron chi connectivity index (χ1n) is 9.14. The van der Waals surface area contributed by atoms with Gasteiger partial charge >= 0.3 is 0 Å². The van der Waals surface area contributed by atoms with Gasteiger partial charge in [0.05, 0.1) is 0 Å². The molecule has 0 fully saturated rings. The Morgan fingerprint density at radius 1 is 0.917 bits per heavy atom. The van der Waals surface area contributed by atoms with Crippen molar-refractivity contribution in [2.75, 3.05) is 48.8 Å². The minimum Gasteiger partial charge on any atom is -0.376 e. The van der Waals surface area contributed by atoms with Crippen molar-refractivity contribution in [3.63, 3.8) is 0 Å². The molecule has 0 unspecified atom stereocenters. The van der Waals surface area contributed by atoms with Crippen molar-refractivity contribution in [3.8, 4) is 0 Å². The van der Waals surface area contributed by atoms with E-state index in [1.54, 1.807) is 0 Å². The second kappa shape index (κ2) is 9.02. The minimum absolute atomic E-state index is 0.573. The van der Waals surface area contributed by atoms with Gasteiger partial charge in [-0.2, -0.15) is 0 Å². The lowest BCUT2D eigenvalue weighted by molar-refractivity contribution is 0.161. The van der Waals surface area contributed by atoms with Gasteiger partial charge in [0.15, 0.2) is 0 Å². The Morgan fingerprint density at radius 3 is 2.00 bits per heavy atom. The monoisotopic (exact) mass is 336 g/mol. The summed E-state index contributed by atoms with van der Waals surface area (Å²) in [5.41, 5.74) is 2.96. The van der Waals surface area contributed by atoms with E-state index in [-0.39, 0.29) is 0 Å². The first kappa shape index (κ1) is 21.2. The summed E-state index contributed by atoms with van der Waals surface area (Å²) < 4.78 is 0. The van der Waals surface area contributed by atoms with Crippen LogP contribution in [-0.4, -0.2) is 92.6 Å². The molecular weight excluding hydrogens is 296 g/mol. The van der Waals surface area contributed by atoms with Crippen LogP contribution >= 0.6 is 0 Å². The molecular formula is C20H40N4. The summed E-state index contributed by atoms with van der Waals surface area (Å²) in [4.78, 5) is 9.31. The highest BCUT2D eigenvalue weighted by molar-refractivity contribution is 5.13. The Hall–Kier alpha value is -0.840. The Morgan fingerprint density at radius 2 is 1.50 bits per heavy atom. The predicted molar refractivity (Wildman–Crippen MR) is 106 cm³/mol. The fourth-order valence-corrected chi connectivity index (χ4v) is 3.77. The van der Waals surface area contributed by atoms with Crippen molar-refractivity contribution in [1.82, 2.24) is 19.6 Å². The van der Waals surface area contributed by atoms with E-state index in [4.69, 9.17) is 0 Å². The van der Waals surface area contributed by atoms with Crippen molar-refractivity contribution >= 4 is 0 Å². The van der Waals surface area contributed by atoms with Gasteiger partial charge in [0, 0.05) is 37.8 Å². The molecule has 4 heteroatoms. The van der Waals surface area contributed by atoms with E-state index in [9.17, 15) is 0 Å². The smallest absolute Gasteiger partial charge is 0.0428 e. The number of hydrogen-bond acceptors (Lipinski definition) is 4. The highest BCUT2D eigenvalue weighted by atomic mass is 15.2. The van der Waals surface area contributed by atoms with Crippen LogP contribution in [0.4, 0.5) is 0 Å². The molecule has 0 radical (unpaired) electrons. The molecule has 0 saturated heterocycles. The lowest BCUT2D eigenvalue weighted by Gasteiger charge is -2.39. The first-order chi connectivity index (χ1) is 11.0. The molecule has 0 saturated carbocycles. The molecule has 0 aromatic carbocycles. The van der Waals surface area contributed by atoms with Crippen LogP contribution in [0.1, 0.15) is 34.1 Å². The third-order valence-electron chi connectivity index (χ3n) is 5.56. The van der Waals surface area contributed by atoms with Crippen LogP contribution in [0.2, 0.25) is 0 Å². The van der Waals surface area contributed by atoms with Crippen molar-refractivity contribution in [2.45, 2.75) is 58.3 Å². The van der Waals surface area contributed by atoms with Crippen molar-refractivity contribution in [3.05, 3.63) is 23.4 Å². The van der Waals surface area contributed by atoms with Crippen LogP contribution in [0, 0.1) is 0 Å². The molecule has 0 spiro atoms. The van der Waals surface area contributed by atoms with E-state index in [2.05, 4.69) is 102 Å². The summed E-state index contributed by atoms with van der Waals surface area (Å²) >= 11 is 0. The van der Waals surface area contributed by atoms with Gasteiger partial charge in [0.1, 0.15) is 0 Å². The molecule has 0 aliphatic carbocycles. The van der Waals surface area contributed by atoms with E-state index in [1.807, 2.05) is 0 Å². The Balaban J connectivity index is 0.000000240. The van der Waals surface area contributed by atoms with E-state index >= 15 is 0 Å². The quantitative estimate of drug-likeness (QED) is 0.719. The normalized spacial score (nSPS) is 31.6. The van der Waals surface area contributed by atoms with Gasteiger partial charge < -0.3 is 14.7 Å². The third-order valence-corrected chi connectivity index (χ3v) is 5.56. The van der Waals surface area contributed by atoms with E-state index in [0.717, 1.165) is 6.54 Å². The lowest BCUT2D eigenvalue weighted by Crippen LogP contribution is -2.48. The first-order valence-corrected chi connectivity index (χ1v) is 9.14. The largest absolute Gasteiger partial charge is 0.376 e. The lowest BCUT2D eigenvalue weighted by atomic mass is 9.96. The number of rotatable bonds is 2. The van der Waals surface area contributed by atoms with Crippen LogP contribution in [0.25, 0.3) is 0 Å². The van der Waals surface area contributed by atoms with Crippen LogP contribution in [-0.2, 0) is 0 Å². The zero-order valence-corrected chi connectivity index (χ0v) is 17.7. The Bertz CT molecular complexity index is 453. The van der Waals surface area contributed by atoms with Gasteiger partial charge in [0.25, 0.3) is 0 Å². The molecule has 0 aromatic heterocycles. The summed E-state index contributed by atoms with van der Waals surface area (Å²) in [5, 5.41) is 0. The number of likely N-dealkylation sites (N-methyl/N-ethyl adjacent to an activating group) is 4. The molecule has 4 nitrogen and oxygen atoms in total. The SMILES string of the molecule is CC1=CN(C)[C@@H](C)[C@H](N(C)C)C1.CC1=C[C@@H](N(C)C)[C@H](C)N(C)C1. The van der Waals surface area contributed by atoms with Crippen molar-refractivity contribution in [1.29, 1.82) is 0 Å². The molecule has 2 heterocycles. The maximum absolute atomic E-state index is 2.40. The zero-order valence-electron chi connectivity index (χ0n) is 17.7. The van der Waals surface area contributed by atoms with Crippen LogP contribution in [0.15, 0.2) is 23.4 Å². The summed E-state index contributed by atoms with van der Waals surface area (Å²) in [7, 11) is 13.0. The molecule has 0 bridgehead atoms. The van der Waals surface area contributed by atoms with Gasteiger partial charge in [-0.05, 0) is 75.6 Å². The van der Waals surface area contributed by atoms with Crippen molar-refractivity contribution < 1.29 is 0 Å². The molecule has 0 N–H and O–H groups in total. The van der Waals surface area contributed by atoms with Gasteiger partial charge in [-0.1, -0.05) is 17.2 Å². The van der Waals surface area contributed by atoms with E-state index in [0.29, 0.717) is 24.2 Å². The summed E-state index contributed by atoms with van der Waals surface area (Å²) in [6.45, 7) is 10.1. The Kier molecular flexibility index (Phi) is 7.97. The zero-order chi connectivity index (χ0) is 18.6. The van der Waals surface area contributed by atoms with Gasteiger partial charge in [-0.15, -0.1) is 0 Å². The fraction of sp³-hybridized carbons (Fsp3) is 0.800. The van der Waals surface area contributed by atoms with E-state index in [1.165, 1.54) is 17.6 Å². The molecule has 2 rings (SSSR count).